The van der Waals surface area contributed by atoms with Gasteiger partial charge in [-0.25, -0.2) is 0 Å². The first-order valence-electron chi connectivity index (χ1n) is 17.5. The zero-order valence-electron chi connectivity index (χ0n) is 30.3. The number of anilines is 1. The van der Waals surface area contributed by atoms with Crippen molar-refractivity contribution in [3.05, 3.63) is 101 Å². The van der Waals surface area contributed by atoms with Crippen molar-refractivity contribution >= 4 is 43.2 Å². The number of nitrogens with one attached hydrogen (secondary N) is 1. The van der Waals surface area contributed by atoms with E-state index < -0.39 is 31.1 Å². The zero-order valence-corrected chi connectivity index (χ0v) is 31.9. The van der Waals surface area contributed by atoms with Gasteiger partial charge in [0, 0.05) is 60.4 Å². The van der Waals surface area contributed by atoms with E-state index in [4.69, 9.17) is 0 Å². The Bertz CT molecular complexity index is 2170. The van der Waals surface area contributed by atoms with Crippen LogP contribution in [-0.4, -0.2) is 66.9 Å². The van der Waals surface area contributed by atoms with Gasteiger partial charge in [-0.2, -0.15) is 21.4 Å². The molecule has 2 aliphatic heterocycles. The molecular weight excluding hydrogens is 703 g/mol. The summed E-state index contributed by atoms with van der Waals surface area (Å²) in [5.74, 6) is 0.193. The number of carbonyl (C=O) groups excluding carboxylic acids is 1. The molecule has 13 heteroatoms. The van der Waals surface area contributed by atoms with Crippen molar-refractivity contribution in [3.63, 3.8) is 0 Å². The molecular formula is C39H48N3O8S2+. The lowest BCUT2D eigenvalue weighted by molar-refractivity contribution is -0.438. The topological polar surface area (TPSA) is 164 Å². The third-order valence-electron chi connectivity index (χ3n) is 10.1. The fraction of sp³-hybridized carbons (Fsp3) is 0.385. The Labute approximate surface area is 306 Å². The zero-order chi connectivity index (χ0) is 38.1. The fourth-order valence-corrected chi connectivity index (χ4v) is 8.29. The lowest BCUT2D eigenvalue weighted by Crippen LogP contribution is -2.28. The molecule has 52 heavy (non-hydrogen) atoms. The molecule has 0 bridgehead atoms. The number of allylic oxidation sites excluding steroid dienone is 4. The summed E-state index contributed by atoms with van der Waals surface area (Å²) in [6.45, 7) is 11.8. The van der Waals surface area contributed by atoms with Gasteiger partial charge < -0.3 is 15.3 Å². The minimum atomic E-state index is -4.42. The van der Waals surface area contributed by atoms with Crippen molar-refractivity contribution in [1.82, 2.24) is 5.32 Å². The highest BCUT2D eigenvalue weighted by Gasteiger charge is 2.45. The largest absolute Gasteiger partial charge is 0.508 e. The lowest BCUT2D eigenvalue weighted by atomic mass is 9.81. The number of phenols is 1. The van der Waals surface area contributed by atoms with Gasteiger partial charge in [0.25, 0.3) is 20.2 Å². The van der Waals surface area contributed by atoms with Gasteiger partial charge in [-0.1, -0.05) is 32.1 Å². The van der Waals surface area contributed by atoms with Crippen LogP contribution in [0.3, 0.4) is 0 Å². The van der Waals surface area contributed by atoms with E-state index in [1.165, 1.54) is 24.3 Å². The molecule has 0 unspecified atom stereocenters. The molecule has 0 fully saturated rings. The number of unbranched alkanes of at least 4 members (excludes halogenated alkanes) is 2. The Morgan fingerprint density at radius 2 is 1.48 bits per heavy atom. The first-order valence-corrected chi connectivity index (χ1v) is 20.3. The molecule has 0 aliphatic carbocycles. The molecule has 11 nitrogen and oxygen atoms in total. The van der Waals surface area contributed by atoms with Crippen LogP contribution in [0.15, 0.2) is 94.4 Å². The first kappa shape index (κ1) is 38.9. The quantitative estimate of drug-likeness (QED) is 0.0825. The Morgan fingerprint density at radius 1 is 0.846 bits per heavy atom. The summed E-state index contributed by atoms with van der Waals surface area (Å²) in [5.41, 5.74) is 4.99. The summed E-state index contributed by atoms with van der Waals surface area (Å²) >= 11 is 0. The minimum Gasteiger partial charge on any atom is -0.508 e. The average Bonchev–Trinajstić information content (AvgIpc) is 3.42. The second-order valence-corrected chi connectivity index (χ2v) is 17.2. The molecule has 0 saturated heterocycles. The van der Waals surface area contributed by atoms with Crippen molar-refractivity contribution in [2.75, 3.05) is 24.5 Å². The van der Waals surface area contributed by atoms with Gasteiger partial charge in [-0.15, -0.1) is 0 Å². The number of likely N-dealkylation sites (N-methyl/N-ethyl adjacent to an activating group) is 1. The van der Waals surface area contributed by atoms with Crippen LogP contribution in [0, 0.1) is 0 Å². The predicted octanol–water partition coefficient (Wildman–Crippen LogP) is 6.44. The molecule has 2 heterocycles. The third kappa shape index (κ3) is 8.17. The van der Waals surface area contributed by atoms with Crippen molar-refractivity contribution in [1.29, 1.82) is 0 Å². The summed E-state index contributed by atoms with van der Waals surface area (Å²) in [6, 6.07) is 16.2. The van der Waals surface area contributed by atoms with E-state index in [0.717, 1.165) is 52.3 Å². The van der Waals surface area contributed by atoms with Crippen LogP contribution in [-0.2, 0) is 42.3 Å². The summed E-state index contributed by atoms with van der Waals surface area (Å²) < 4.78 is 69.7. The van der Waals surface area contributed by atoms with E-state index in [-0.39, 0.29) is 21.4 Å². The van der Waals surface area contributed by atoms with E-state index in [0.29, 0.717) is 38.9 Å². The van der Waals surface area contributed by atoms with Gasteiger partial charge in [-0.05, 0) is 99.7 Å². The van der Waals surface area contributed by atoms with Gasteiger partial charge in [0.05, 0.1) is 15.2 Å². The van der Waals surface area contributed by atoms with Crippen LogP contribution in [0.25, 0.3) is 0 Å². The molecule has 2 aliphatic rings. The van der Waals surface area contributed by atoms with Crippen molar-refractivity contribution in [2.45, 2.75) is 87.3 Å². The van der Waals surface area contributed by atoms with Crippen molar-refractivity contribution in [2.24, 2.45) is 0 Å². The number of nitrogens with zero attached hydrogens (tertiary/aromatic N) is 2. The molecule has 4 N–H and O–H groups in total. The van der Waals surface area contributed by atoms with E-state index in [2.05, 4.69) is 14.8 Å². The first-order chi connectivity index (χ1) is 24.4. The molecule has 5 rings (SSSR count). The number of amides is 1. The Balaban J connectivity index is 1.35. The summed E-state index contributed by atoms with van der Waals surface area (Å²) in [5, 5.41) is 12.4. The molecule has 0 aromatic heterocycles. The molecule has 278 valence electrons. The molecule has 0 spiro atoms. The Morgan fingerprint density at radius 3 is 2.12 bits per heavy atom. The van der Waals surface area contributed by atoms with Crippen LogP contribution in [0.2, 0.25) is 0 Å². The second kappa shape index (κ2) is 15.0. The Hall–Kier alpha value is -4.30. The fourth-order valence-electron chi connectivity index (χ4n) is 7.27. The van der Waals surface area contributed by atoms with E-state index >= 15 is 0 Å². The summed E-state index contributed by atoms with van der Waals surface area (Å²) in [7, 11) is -8.79. The predicted molar refractivity (Wildman–Crippen MR) is 202 cm³/mol. The van der Waals surface area contributed by atoms with Crippen LogP contribution >= 0.6 is 0 Å². The average molecular weight is 751 g/mol. The standard InChI is InChI=1S/C39H47N3O8S2/c1-6-41-33-20-18-29(51(45,46)47)25-31(33)38(2,3)35(41)11-10-12-36-39(4,5)32-26-30(52(48,49)50)19-21-34(32)42(36)24-9-7-8-13-37(44)40-23-22-27-14-16-28(43)17-15-27/h10-12,14-21,25-26H,6-9,13,22-24H2,1-5H3,(H3-,40,43,44,45,46,47,48,49,50)/p+1. The number of rotatable bonds is 14. The smallest absolute Gasteiger partial charge is 0.294 e. The number of benzene rings is 3. The Kier molecular flexibility index (Phi) is 11.2. The number of carbonyl (C=O) groups is 1. The molecule has 0 atom stereocenters. The number of phenolic OH excluding ortho intramolecular Hbond substituents is 1. The highest BCUT2D eigenvalue weighted by atomic mass is 32.2. The minimum absolute atomic E-state index is 0.0142. The van der Waals surface area contributed by atoms with Crippen LogP contribution in [0.1, 0.15) is 77.0 Å². The van der Waals surface area contributed by atoms with Gasteiger partial charge in [0.15, 0.2) is 5.71 Å². The van der Waals surface area contributed by atoms with Gasteiger partial charge in [-0.3, -0.25) is 13.9 Å². The SMILES string of the molecule is CCN1C(=C/C=C/C2=[N+](CCCCCC(=O)NCCc3ccc(O)cc3)c3ccc(S(=O)(=O)O)cc3C2(C)C)C(C)(C)c2cc(S(=O)(=O)O)ccc21. The van der Waals surface area contributed by atoms with Crippen LogP contribution in [0.4, 0.5) is 11.4 Å². The van der Waals surface area contributed by atoms with Gasteiger partial charge in [0.1, 0.15) is 12.3 Å². The van der Waals surface area contributed by atoms with Crippen molar-refractivity contribution in [3.8, 4) is 5.75 Å². The summed E-state index contributed by atoms with van der Waals surface area (Å²) in [6.07, 6.45) is 9.32. The number of hydrogen-bond acceptors (Lipinski definition) is 7. The van der Waals surface area contributed by atoms with E-state index in [9.17, 15) is 35.8 Å². The van der Waals surface area contributed by atoms with Gasteiger partial charge in [0.2, 0.25) is 11.6 Å². The second-order valence-electron chi connectivity index (χ2n) is 14.3. The normalized spacial score (nSPS) is 17.2. The highest BCUT2D eigenvalue weighted by molar-refractivity contribution is 7.86. The molecule has 0 radical (unpaired) electrons. The van der Waals surface area contributed by atoms with Crippen molar-refractivity contribution < 1.29 is 40.4 Å². The van der Waals surface area contributed by atoms with Gasteiger partial charge >= 0.3 is 0 Å². The van der Waals surface area contributed by atoms with Crippen LogP contribution < -0.4 is 10.2 Å². The number of aromatic hydroxyl groups is 1. The number of hydrogen-bond donors (Lipinski definition) is 4. The summed E-state index contributed by atoms with van der Waals surface area (Å²) in [4.78, 5) is 14.3. The van der Waals surface area contributed by atoms with E-state index in [1.54, 1.807) is 24.3 Å². The lowest BCUT2D eigenvalue weighted by Gasteiger charge is -2.25. The number of fused-ring (bicyclic) bond motifs is 2. The molecule has 0 saturated carbocycles. The monoisotopic (exact) mass is 750 g/mol. The maximum atomic E-state index is 12.5. The van der Waals surface area contributed by atoms with E-state index in [1.807, 2.05) is 65.0 Å². The third-order valence-corrected chi connectivity index (χ3v) is 11.8. The molecule has 1 amide bonds. The maximum absolute atomic E-state index is 12.5. The maximum Gasteiger partial charge on any atom is 0.294 e. The molecule has 3 aromatic rings. The molecule has 3 aromatic carbocycles. The van der Waals surface area contributed by atoms with Crippen LogP contribution in [0.5, 0.6) is 5.75 Å². The highest BCUT2D eigenvalue weighted by Crippen LogP contribution is 2.48.